The molecule has 0 radical (unpaired) electrons. The summed E-state index contributed by atoms with van der Waals surface area (Å²) < 4.78 is 16.3. The van der Waals surface area contributed by atoms with Crippen LogP contribution in [-0.4, -0.2) is 31.7 Å². The highest BCUT2D eigenvalue weighted by molar-refractivity contribution is 5.90. The molecule has 2 rings (SSSR count). The molecule has 1 saturated carbocycles. The largest absolute Gasteiger partial charge is 0.497 e. The summed E-state index contributed by atoms with van der Waals surface area (Å²) in [5.41, 5.74) is 0. The molecule has 4 nitrogen and oxygen atoms in total. The van der Waals surface area contributed by atoms with E-state index >= 15 is 0 Å². The Labute approximate surface area is 107 Å². The summed E-state index contributed by atoms with van der Waals surface area (Å²) in [5.74, 6) is 1.64. The van der Waals surface area contributed by atoms with Crippen LogP contribution in [0.2, 0.25) is 0 Å². The van der Waals surface area contributed by atoms with Gasteiger partial charge in [-0.2, -0.15) is 0 Å². The predicted octanol–water partition coefficient (Wildman–Crippen LogP) is 2.21. The third kappa shape index (κ3) is 2.82. The minimum atomic E-state index is -0.396. The first-order valence-electron chi connectivity index (χ1n) is 6.19. The number of Topliss-reactive ketones (excluding diaryl/α,β-unsaturated/α-hetero) is 1. The van der Waals surface area contributed by atoms with E-state index in [0.717, 1.165) is 17.9 Å². The second-order valence-corrected chi connectivity index (χ2v) is 4.29. The highest BCUT2D eigenvalue weighted by Gasteiger charge is 2.42. The van der Waals surface area contributed by atoms with Gasteiger partial charge in [0.2, 0.25) is 0 Å². The van der Waals surface area contributed by atoms with Crippen molar-refractivity contribution >= 4 is 5.78 Å². The first kappa shape index (κ1) is 12.9. The summed E-state index contributed by atoms with van der Waals surface area (Å²) in [4.78, 5) is 11.4. The van der Waals surface area contributed by atoms with Crippen LogP contribution in [0.5, 0.6) is 11.5 Å². The molecule has 0 amide bonds. The SMILES string of the molecule is CCCOC1C(=O)CC1Oc1ccc(OC)cc1. The summed E-state index contributed by atoms with van der Waals surface area (Å²) in [6, 6.07) is 7.33. The average molecular weight is 250 g/mol. The van der Waals surface area contributed by atoms with Crippen LogP contribution in [0.1, 0.15) is 19.8 Å². The Morgan fingerprint density at radius 2 is 1.89 bits per heavy atom. The fourth-order valence-electron chi connectivity index (χ4n) is 1.85. The number of ketones is 1. The zero-order valence-corrected chi connectivity index (χ0v) is 10.7. The molecule has 0 N–H and O–H groups in total. The van der Waals surface area contributed by atoms with Crippen molar-refractivity contribution in [3.8, 4) is 11.5 Å². The van der Waals surface area contributed by atoms with Crippen LogP contribution in [0.3, 0.4) is 0 Å². The van der Waals surface area contributed by atoms with Gasteiger partial charge in [0.05, 0.1) is 7.11 Å². The number of benzene rings is 1. The van der Waals surface area contributed by atoms with Crippen LogP contribution in [0.25, 0.3) is 0 Å². The molecule has 0 saturated heterocycles. The molecule has 1 aromatic rings. The number of carbonyl (C=O) groups is 1. The molecule has 0 bridgehead atoms. The Hall–Kier alpha value is -1.55. The fourth-order valence-corrected chi connectivity index (χ4v) is 1.85. The van der Waals surface area contributed by atoms with E-state index in [0.29, 0.717) is 13.0 Å². The number of carbonyl (C=O) groups excluding carboxylic acids is 1. The molecule has 4 heteroatoms. The van der Waals surface area contributed by atoms with Crippen molar-refractivity contribution in [1.29, 1.82) is 0 Å². The summed E-state index contributed by atoms with van der Waals surface area (Å²) in [6.45, 7) is 2.61. The Morgan fingerprint density at radius 1 is 1.22 bits per heavy atom. The van der Waals surface area contributed by atoms with E-state index < -0.39 is 6.10 Å². The third-order valence-corrected chi connectivity index (χ3v) is 2.91. The molecule has 2 unspecified atom stereocenters. The molecule has 0 spiro atoms. The standard InChI is InChI=1S/C14H18O4/c1-3-8-17-14-12(15)9-13(14)18-11-6-4-10(16-2)5-7-11/h4-7,13-14H,3,8-9H2,1-2H3. The molecule has 98 valence electrons. The van der Waals surface area contributed by atoms with Crippen molar-refractivity contribution in [3.05, 3.63) is 24.3 Å². The average Bonchev–Trinajstić information content (AvgIpc) is 2.39. The van der Waals surface area contributed by atoms with Gasteiger partial charge in [-0.05, 0) is 30.7 Å². The van der Waals surface area contributed by atoms with E-state index in [1.807, 2.05) is 31.2 Å². The third-order valence-electron chi connectivity index (χ3n) is 2.91. The maximum absolute atomic E-state index is 11.4. The lowest BCUT2D eigenvalue weighted by Gasteiger charge is -2.34. The van der Waals surface area contributed by atoms with Crippen LogP contribution in [0.15, 0.2) is 24.3 Å². The van der Waals surface area contributed by atoms with Gasteiger partial charge in [0.25, 0.3) is 0 Å². The summed E-state index contributed by atoms with van der Waals surface area (Å²) >= 11 is 0. The van der Waals surface area contributed by atoms with Crippen molar-refractivity contribution in [2.45, 2.75) is 32.0 Å². The van der Waals surface area contributed by atoms with Gasteiger partial charge in [-0.1, -0.05) is 6.92 Å². The maximum atomic E-state index is 11.4. The molecule has 1 fully saturated rings. The van der Waals surface area contributed by atoms with Gasteiger partial charge < -0.3 is 14.2 Å². The van der Waals surface area contributed by atoms with Gasteiger partial charge in [0, 0.05) is 13.0 Å². The molecule has 0 aromatic heterocycles. The van der Waals surface area contributed by atoms with Gasteiger partial charge in [0.1, 0.15) is 17.6 Å². The van der Waals surface area contributed by atoms with Crippen LogP contribution >= 0.6 is 0 Å². The number of ether oxygens (including phenoxy) is 3. The predicted molar refractivity (Wildman–Crippen MR) is 67.1 cm³/mol. The molecule has 0 heterocycles. The molecule has 18 heavy (non-hydrogen) atoms. The van der Waals surface area contributed by atoms with Gasteiger partial charge in [-0.15, -0.1) is 0 Å². The lowest BCUT2D eigenvalue weighted by atomic mass is 9.90. The van der Waals surface area contributed by atoms with E-state index in [4.69, 9.17) is 14.2 Å². The Morgan fingerprint density at radius 3 is 2.44 bits per heavy atom. The highest BCUT2D eigenvalue weighted by Crippen LogP contribution is 2.26. The summed E-state index contributed by atoms with van der Waals surface area (Å²) in [5, 5.41) is 0. The molecular weight excluding hydrogens is 232 g/mol. The van der Waals surface area contributed by atoms with Gasteiger partial charge >= 0.3 is 0 Å². The molecule has 2 atom stereocenters. The normalized spacial score (nSPS) is 22.4. The lowest BCUT2D eigenvalue weighted by Crippen LogP contribution is -2.52. The van der Waals surface area contributed by atoms with Gasteiger partial charge in [-0.25, -0.2) is 0 Å². The summed E-state index contributed by atoms with van der Waals surface area (Å²) in [6.07, 6.45) is 0.781. The molecule has 1 aliphatic rings. The molecular formula is C14H18O4. The Balaban J connectivity index is 1.90. The Bertz CT molecular complexity index is 399. The van der Waals surface area contributed by atoms with Gasteiger partial charge in [-0.3, -0.25) is 4.79 Å². The molecule has 1 aliphatic carbocycles. The van der Waals surface area contributed by atoms with Crippen LogP contribution < -0.4 is 9.47 Å². The van der Waals surface area contributed by atoms with Crippen LogP contribution in [0.4, 0.5) is 0 Å². The van der Waals surface area contributed by atoms with Crippen molar-refractivity contribution in [3.63, 3.8) is 0 Å². The van der Waals surface area contributed by atoms with E-state index in [9.17, 15) is 4.79 Å². The number of rotatable bonds is 6. The monoisotopic (exact) mass is 250 g/mol. The topological polar surface area (TPSA) is 44.8 Å². The number of methoxy groups -OCH3 is 1. The second-order valence-electron chi connectivity index (χ2n) is 4.29. The Kier molecular flexibility index (Phi) is 4.20. The quantitative estimate of drug-likeness (QED) is 0.776. The molecule has 1 aromatic carbocycles. The first-order chi connectivity index (χ1) is 8.74. The zero-order chi connectivity index (χ0) is 13.0. The molecule has 0 aliphatic heterocycles. The zero-order valence-electron chi connectivity index (χ0n) is 10.7. The van der Waals surface area contributed by atoms with Crippen molar-refractivity contribution in [2.24, 2.45) is 0 Å². The van der Waals surface area contributed by atoms with Crippen molar-refractivity contribution in [2.75, 3.05) is 13.7 Å². The van der Waals surface area contributed by atoms with E-state index in [2.05, 4.69) is 0 Å². The van der Waals surface area contributed by atoms with E-state index in [1.54, 1.807) is 7.11 Å². The highest BCUT2D eigenvalue weighted by atomic mass is 16.5. The smallest absolute Gasteiger partial charge is 0.169 e. The number of hydrogen-bond donors (Lipinski definition) is 0. The van der Waals surface area contributed by atoms with Crippen LogP contribution in [0, 0.1) is 0 Å². The van der Waals surface area contributed by atoms with Crippen molar-refractivity contribution < 1.29 is 19.0 Å². The fraction of sp³-hybridized carbons (Fsp3) is 0.500. The second kappa shape index (κ2) is 5.87. The van der Waals surface area contributed by atoms with Crippen molar-refractivity contribution in [1.82, 2.24) is 0 Å². The van der Waals surface area contributed by atoms with Gasteiger partial charge in [0.15, 0.2) is 11.9 Å². The number of hydrogen-bond acceptors (Lipinski definition) is 4. The maximum Gasteiger partial charge on any atom is 0.169 e. The lowest BCUT2D eigenvalue weighted by molar-refractivity contribution is -0.154. The minimum absolute atomic E-state index is 0.127. The van der Waals surface area contributed by atoms with E-state index in [-0.39, 0.29) is 11.9 Å². The van der Waals surface area contributed by atoms with Crippen LogP contribution in [-0.2, 0) is 9.53 Å². The van der Waals surface area contributed by atoms with E-state index in [1.165, 1.54) is 0 Å². The summed E-state index contributed by atoms with van der Waals surface area (Å²) in [7, 11) is 1.62. The first-order valence-corrected chi connectivity index (χ1v) is 6.19. The minimum Gasteiger partial charge on any atom is -0.497 e.